The lowest BCUT2D eigenvalue weighted by Gasteiger charge is -2.14. The number of ether oxygens (including phenoxy) is 1. The Labute approximate surface area is 199 Å². The first kappa shape index (κ1) is 24.6. The van der Waals surface area contributed by atoms with Gasteiger partial charge in [-0.15, -0.1) is 0 Å². The second kappa shape index (κ2) is 11.2. The number of aromatic nitrogens is 3. The van der Waals surface area contributed by atoms with Crippen LogP contribution in [0.3, 0.4) is 0 Å². The van der Waals surface area contributed by atoms with Crippen LogP contribution in [0.4, 0.5) is 11.5 Å². The number of hydrogen-bond acceptors (Lipinski definition) is 8. The van der Waals surface area contributed by atoms with E-state index in [1.54, 1.807) is 24.4 Å². The Morgan fingerprint density at radius 2 is 1.94 bits per heavy atom. The van der Waals surface area contributed by atoms with E-state index in [0.717, 1.165) is 16.5 Å². The third-order valence-corrected chi connectivity index (χ3v) is 5.10. The van der Waals surface area contributed by atoms with Crippen molar-refractivity contribution in [2.24, 2.45) is 0 Å². The van der Waals surface area contributed by atoms with Gasteiger partial charge in [0.25, 0.3) is 11.5 Å². The number of nitrogens with zero attached hydrogens (tertiary/aromatic N) is 3. The topological polar surface area (TPSA) is 144 Å². The zero-order valence-corrected chi connectivity index (χ0v) is 19.2. The molecule has 1 aromatic carbocycles. The smallest absolute Gasteiger partial charge is 0.273 e. The second-order valence-corrected chi connectivity index (χ2v) is 7.77. The Balaban J connectivity index is 1.93. The number of nitrogens with two attached hydrogens (primary N) is 1. The predicted octanol–water partition coefficient (Wildman–Crippen LogP) is 2.00. The van der Waals surface area contributed by atoms with Gasteiger partial charge in [0.1, 0.15) is 17.7 Å². The fourth-order valence-corrected chi connectivity index (χ4v) is 3.81. The number of rotatable bonds is 9. The van der Waals surface area contributed by atoms with E-state index < -0.39 is 11.5 Å². The van der Waals surface area contributed by atoms with E-state index in [4.69, 9.17) is 38.8 Å². The molecule has 0 unspecified atom stereocenters. The lowest BCUT2D eigenvalue weighted by atomic mass is 10.2. The average molecular weight is 493 g/mol. The van der Waals surface area contributed by atoms with Crippen LogP contribution in [0.15, 0.2) is 41.7 Å². The number of aliphatic hydroxyl groups excluding tert-OH is 1. The van der Waals surface area contributed by atoms with Crippen LogP contribution in [-0.2, 0) is 17.9 Å². The maximum atomic E-state index is 13.2. The highest BCUT2D eigenvalue weighted by atomic mass is 35.5. The summed E-state index contributed by atoms with van der Waals surface area (Å²) in [5, 5.41) is 14.9. The summed E-state index contributed by atoms with van der Waals surface area (Å²) in [6.45, 7) is 1.14. The molecule has 0 aliphatic rings. The molecule has 0 saturated carbocycles. The number of hydrogen-bond donors (Lipinski definition) is 4. The first-order valence-corrected chi connectivity index (χ1v) is 10.5. The van der Waals surface area contributed by atoms with Gasteiger partial charge in [-0.3, -0.25) is 19.1 Å². The number of methoxy groups -OCH3 is 1. The second-order valence-electron chi connectivity index (χ2n) is 6.96. The van der Waals surface area contributed by atoms with Crippen LogP contribution >= 0.6 is 23.2 Å². The lowest BCUT2D eigenvalue weighted by Crippen LogP contribution is -2.31. The van der Waals surface area contributed by atoms with Crippen molar-refractivity contribution in [1.82, 2.24) is 19.9 Å². The van der Waals surface area contributed by atoms with Gasteiger partial charge in [-0.05, 0) is 29.3 Å². The summed E-state index contributed by atoms with van der Waals surface area (Å²) in [6, 6.07) is 4.90. The van der Waals surface area contributed by atoms with E-state index in [2.05, 4.69) is 20.6 Å². The number of pyridine rings is 1. The molecular formula is C21H22Cl2N6O4. The maximum absolute atomic E-state index is 13.2. The van der Waals surface area contributed by atoms with Crippen molar-refractivity contribution in [3.05, 3.63) is 74.0 Å². The number of nitrogens with one attached hydrogen (secondary N) is 2. The standard InChI is InChI=1S/C21H22Cl2N6O4/c1-33-10-12-5-15(22)18(16(23)6-12)29-11-27-19(24)17(21(29)32)20(31)28-14-4-13(8-26-9-14)7-25-2-3-30/h4-6,8-9,11,25,30H,2-3,7,10,24H2,1H3,(H,28,31). The van der Waals surface area contributed by atoms with Crippen molar-refractivity contribution in [3.8, 4) is 5.69 Å². The van der Waals surface area contributed by atoms with Crippen molar-refractivity contribution in [1.29, 1.82) is 0 Å². The molecule has 0 saturated heterocycles. The van der Waals surface area contributed by atoms with Gasteiger partial charge < -0.3 is 26.2 Å². The molecule has 12 heteroatoms. The van der Waals surface area contributed by atoms with Crippen LogP contribution in [0.25, 0.3) is 5.69 Å². The van der Waals surface area contributed by atoms with E-state index in [1.165, 1.54) is 13.3 Å². The highest BCUT2D eigenvalue weighted by molar-refractivity contribution is 6.37. The molecule has 5 N–H and O–H groups in total. The SMILES string of the molecule is COCc1cc(Cl)c(-n2cnc(N)c(C(=O)Nc3cncc(CNCCO)c3)c2=O)c(Cl)c1. The Bertz CT molecular complexity index is 1190. The number of aliphatic hydroxyl groups is 1. The number of amides is 1. The molecule has 0 spiro atoms. The highest BCUT2D eigenvalue weighted by Gasteiger charge is 2.21. The van der Waals surface area contributed by atoms with E-state index in [-0.39, 0.29) is 40.3 Å². The molecule has 10 nitrogen and oxygen atoms in total. The van der Waals surface area contributed by atoms with Crippen LogP contribution in [0.5, 0.6) is 0 Å². The molecule has 1 amide bonds. The third-order valence-electron chi connectivity index (χ3n) is 4.53. The van der Waals surface area contributed by atoms with Crippen LogP contribution in [0, 0.1) is 0 Å². The average Bonchev–Trinajstić information content (AvgIpc) is 2.75. The lowest BCUT2D eigenvalue weighted by molar-refractivity contribution is 0.102. The number of benzene rings is 1. The largest absolute Gasteiger partial charge is 0.395 e. The van der Waals surface area contributed by atoms with Gasteiger partial charge in [-0.25, -0.2) is 4.98 Å². The molecule has 0 fully saturated rings. The van der Waals surface area contributed by atoms with Crippen molar-refractivity contribution in [2.75, 3.05) is 31.3 Å². The molecule has 0 aliphatic heterocycles. The minimum atomic E-state index is -0.759. The van der Waals surface area contributed by atoms with Gasteiger partial charge in [0, 0.05) is 26.4 Å². The molecule has 2 heterocycles. The maximum Gasteiger partial charge on any atom is 0.273 e. The van der Waals surface area contributed by atoms with E-state index in [1.807, 2.05) is 0 Å². The number of halogens is 2. The fourth-order valence-electron chi connectivity index (χ4n) is 3.10. The molecule has 0 aliphatic carbocycles. The number of nitrogen functional groups attached to an aromatic ring is 1. The van der Waals surface area contributed by atoms with Crippen LogP contribution in [0.2, 0.25) is 10.0 Å². The Kier molecular flexibility index (Phi) is 8.37. The number of anilines is 2. The minimum Gasteiger partial charge on any atom is -0.395 e. The molecular weight excluding hydrogens is 471 g/mol. The Morgan fingerprint density at radius 3 is 2.61 bits per heavy atom. The summed E-state index contributed by atoms with van der Waals surface area (Å²) in [7, 11) is 1.53. The molecule has 3 aromatic rings. The molecule has 0 radical (unpaired) electrons. The van der Waals surface area contributed by atoms with Crippen molar-refractivity contribution in [2.45, 2.75) is 13.2 Å². The Hall–Kier alpha value is -3.02. The summed E-state index contributed by atoms with van der Waals surface area (Å²) >= 11 is 12.7. The zero-order valence-electron chi connectivity index (χ0n) is 17.6. The first-order valence-electron chi connectivity index (χ1n) is 9.77. The molecule has 0 bridgehead atoms. The summed E-state index contributed by atoms with van der Waals surface area (Å²) < 4.78 is 6.15. The minimum absolute atomic E-state index is 0.000439. The van der Waals surface area contributed by atoms with Crippen LogP contribution in [0.1, 0.15) is 21.5 Å². The van der Waals surface area contributed by atoms with Gasteiger partial charge >= 0.3 is 0 Å². The van der Waals surface area contributed by atoms with Gasteiger partial charge in [-0.1, -0.05) is 23.2 Å². The Morgan fingerprint density at radius 1 is 1.21 bits per heavy atom. The molecule has 33 heavy (non-hydrogen) atoms. The molecule has 3 rings (SSSR count). The van der Waals surface area contributed by atoms with E-state index in [0.29, 0.717) is 24.3 Å². The van der Waals surface area contributed by atoms with Crippen LogP contribution in [-0.4, -0.2) is 45.8 Å². The van der Waals surface area contributed by atoms with Crippen molar-refractivity contribution >= 4 is 40.6 Å². The predicted molar refractivity (Wildman–Crippen MR) is 126 cm³/mol. The monoisotopic (exact) mass is 492 g/mol. The van der Waals surface area contributed by atoms with Gasteiger partial charge in [0.15, 0.2) is 0 Å². The van der Waals surface area contributed by atoms with Crippen molar-refractivity contribution < 1.29 is 14.6 Å². The molecule has 174 valence electrons. The van der Waals surface area contributed by atoms with Gasteiger partial charge in [0.05, 0.1) is 40.8 Å². The van der Waals surface area contributed by atoms with Gasteiger partial charge in [-0.2, -0.15) is 0 Å². The summed E-state index contributed by atoms with van der Waals surface area (Å²) in [5.41, 5.74) is 6.77. The summed E-state index contributed by atoms with van der Waals surface area (Å²) in [6.07, 6.45) is 4.20. The fraction of sp³-hybridized carbons (Fsp3) is 0.238. The van der Waals surface area contributed by atoms with Gasteiger partial charge in [0.2, 0.25) is 0 Å². The quantitative estimate of drug-likeness (QED) is 0.332. The first-order chi connectivity index (χ1) is 15.8. The van der Waals surface area contributed by atoms with Crippen molar-refractivity contribution in [3.63, 3.8) is 0 Å². The summed E-state index contributed by atoms with van der Waals surface area (Å²) in [4.78, 5) is 34.1. The molecule has 2 aromatic heterocycles. The number of carbonyl (C=O) groups is 1. The number of carbonyl (C=O) groups excluding carboxylic acids is 1. The van der Waals surface area contributed by atoms with Crippen LogP contribution < -0.4 is 21.9 Å². The zero-order chi connectivity index (χ0) is 24.0. The molecule has 0 atom stereocenters. The van der Waals surface area contributed by atoms with E-state index in [9.17, 15) is 9.59 Å². The third kappa shape index (κ3) is 5.86. The summed E-state index contributed by atoms with van der Waals surface area (Å²) in [5.74, 6) is -1.00. The van der Waals surface area contributed by atoms with E-state index >= 15 is 0 Å². The highest BCUT2D eigenvalue weighted by Crippen LogP contribution is 2.30. The normalized spacial score (nSPS) is 10.9.